The van der Waals surface area contributed by atoms with Gasteiger partial charge >= 0.3 is 0 Å². The molecular weight excluding hydrogens is 344 g/mol. The molecule has 0 spiro atoms. The molecule has 20 heavy (non-hydrogen) atoms. The molecule has 1 amide bonds. The molecule has 0 unspecified atom stereocenters. The maximum absolute atomic E-state index is 12.3. The number of nitrogens with zero attached hydrogens (tertiary/aromatic N) is 2. The Morgan fingerprint density at radius 1 is 1.20 bits per heavy atom. The Morgan fingerprint density at radius 2 is 1.75 bits per heavy atom. The lowest BCUT2D eigenvalue weighted by Gasteiger charge is -2.20. The van der Waals surface area contributed by atoms with E-state index in [2.05, 4.69) is 15.9 Å². The summed E-state index contributed by atoms with van der Waals surface area (Å²) in [6.07, 6.45) is 0. The van der Waals surface area contributed by atoms with Gasteiger partial charge in [-0.1, -0.05) is 0 Å². The van der Waals surface area contributed by atoms with Crippen molar-refractivity contribution in [3.05, 3.63) is 28.2 Å². The van der Waals surface area contributed by atoms with E-state index in [0.29, 0.717) is 23.1 Å². The maximum Gasteiger partial charge on any atom is 0.253 e. The number of hydrogen-bond acceptors (Lipinski definition) is 3. The standard InChI is InChI=1S/C13H19BrN2O3S/c1-5-16(6-2)13(17)10-7-8-11(14)12(9-10)20(18,19)15(3)4/h7-9H,5-6H2,1-4H3. The van der Waals surface area contributed by atoms with Gasteiger partial charge in [0.2, 0.25) is 10.0 Å². The van der Waals surface area contributed by atoms with Crippen LogP contribution in [-0.2, 0) is 10.0 Å². The molecule has 0 aliphatic carbocycles. The smallest absolute Gasteiger partial charge is 0.253 e. The van der Waals surface area contributed by atoms with Crippen LogP contribution in [-0.4, -0.2) is 50.7 Å². The van der Waals surface area contributed by atoms with Crippen molar-refractivity contribution in [2.75, 3.05) is 27.2 Å². The van der Waals surface area contributed by atoms with Gasteiger partial charge in [0.25, 0.3) is 5.91 Å². The molecule has 0 bridgehead atoms. The molecule has 7 heteroatoms. The van der Waals surface area contributed by atoms with E-state index in [0.717, 1.165) is 4.31 Å². The quantitative estimate of drug-likeness (QED) is 0.806. The van der Waals surface area contributed by atoms with Gasteiger partial charge in [-0.3, -0.25) is 4.79 Å². The summed E-state index contributed by atoms with van der Waals surface area (Å²) in [5.74, 6) is -0.169. The summed E-state index contributed by atoms with van der Waals surface area (Å²) >= 11 is 3.22. The van der Waals surface area contributed by atoms with E-state index in [1.165, 1.54) is 20.2 Å². The number of sulfonamides is 1. The fourth-order valence-corrected chi connectivity index (χ4v) is 3.57. The van der Waals surface area contributed by atoms with Gasteiger partial charge < -0.3 is 4.90 Å². The molecule has 112 valence electrons. The van der Waals surface area contributed by atoms with Crippen molar-refractivity contribution in [1.82, 2.24) is 9.21 Å². The normalized spacial score (nSPS) is 11.7. The van der Waals surface area contributed by atoms with Crippen LogP contribution in [0.25, 0.3) is 0 Å². The minimum absolute atomic E-state index is 0.0977. The maximum atomic E-state index is 12.3. The average Bonchev–Trinajstić information content (AvgIpc) is 2.40. The molecule has 0 saturated carbocycles. The molecule has 0 aromatic heterocycles. The molecule has 0 saturated heterocycles. The van der Waals surface area contributed by atoms with Gasteiger partial charge in [-0.2, -0.15) is 0 Å². The fourth-order valence-electron chi connectivity index (χ4n) is 1.72. The zero-order valence-corrected chi connectivity index (χ0v) is 14.5. The summed E-state index contributed by atoms with van der Waals surface area (Å²) in [6, 6.07) is 4.63. The van der Waals surface area contributed by atoms with Crippen LogP contribution in [0.15, 0.2) is 27.6 Å². The van der Waals surface area contributed by atoms with Gasteiger partial charge in [-0.15, -0.1) is 0 Å². The Hall–Kier alpha value is -0.920. The van der Waals surface area contributed by atoms with Crippen LogP contribution < -0.4 is 0 Å². The van der Waals surface area contributed by atoms with Gasteiger partial charge in [0.05, 0.1) is 4.90 Å². The largest absolute Gasteiger partial charge is 0.339 e. The van der Waals surface area contributed by atoms with E-state index in [4.69, 9.17) is 0 Å². The second-order valence-corrected chi connectivity index (χ2v) is 7.38. The third-order valence-corrected chi connectivity index (χ3v) is 5.80. The van der Waals surface area contributed by atoms with Crippen molar-refractivity contribution in [3.63, 3.8) is 0 Å². The van der Waals surface area contributed by atoms with Gasteiger partial charge in [0, 0.05) is 37.2 Å². The molecule has 0 aliphatic rings. The second-order valence-electron chi connectivity index (χ2n) is 4.41. The third kappa shape index (κ3) is 3.39. The van der Waals surface area contributed by atoms with Crippen LogP contribution in [0.3, 0.4) is 0 Å². The molecule has 1 aromatic carbocycles. The van der Waals surface area contributed by atoms with E-state index in [9.17, 15) is 13.2 Å². The summed E-state index contributed by atoms with van der Waals surface area (Å²) in [7, 11) is -0.669. The Labute approximate surface area is 128 Å². The predicted octanol–water partition coefficient (Wildman–Crippen LogP) is 2.18. The fraction of sp³-hybridized carbons (Fsp3) is 0.462. The van der Waals surface area contributed by atoms with Crippen LogP contribution in [0.1, 0.15) is 24.2 Å². The van der Waals surface area contributed by atoms with E-state index in [-0.39, 0.29) is 10.8 Å². The highest BCUT2D eigenvalue weighted by Crippen LogP contribution is 2.25. The summed E-state index contributed by atoms with van der Waals surface area (Å²) in [6.45, 7) is 4.94. The van der Waals surface area contributed by atoms with Crippen LogP contribution in [0.5, 0.6) is 0 Å². The average molecular weight is 363 g/mol. The molecule has 0 atom stereocenters. The molecular formula is C13H19BrN2O3S. The lowest BCUT2D eigenvalue weighted by atomic mass is 10.2. The molecule has 0 aliphatic heterocycles. The zero-order chi connectivity index (χ0) is 15.5. The van der Waals surface area contributed by atoms with Crippen molar-refractivity contribution in [1.29, 1.82) is 0 Å². The Morgan fingerprint density at radius 3 is 2.20 bits per heavy atom. The van der Waals surface area contributed by atoms with Crippen LogP contribution >= 0.6 is 15.9 Å². The summed E-state index contributed by atoms with van der Waals surface area (Å²) in [5, 5.41) is 0. The minimum Gasteiger partial charge on any atom is -0.339 e. The number of carbonyl (C=O) groups is 1. The van der Waals surface area contributed by atoms with E-state index < -0.39 is 10.0 Å². The monoisotopic (exact) mass is 362 g/mol. The van der Waals surface area contributed by atoms with Gasteiger partial charge in [-0.05, 0) is 48.0 Å². The molecule has 0 N–H and O–H groups in total. The lowest BCUT2D eigenvalue weighted by Crippen LogP contribution is -2.31. The lowest BCUT2D eigenvalue weighted by molar-refractivity contribution is 0.0772. The van der Waals surface area contributed by atoms with Gasteiger partial charge in [0.1, 0.15) is 0 Å². The summed E-state index contributed by atoms with van der Waals surface area (Å²) in [4.78, 5) is 14.0. The van der Waals surface area contributed by atoms with Crippen molar-refractivity contribution < 1.29 is 13.2 Å². The number of amides is 1. The van der Waals surface area contributed by atoms with Crippen molar-refractivity contribution >= 4 is 31.9 Å². The Bertz CT molecular complexity index is 596. The Balaban J connectivity index is 3.33. The van der Waals surface area contributed by atoms with Gasteiger partial charge in [-0.25, -0.2) is 12.7 Å². The van der Waals surface area contributed by atoms with E-state index >= 15 is 0 Å². The first-order valence-corrected chi connectivity index (χ1v) is 8.50. The molecule has 5 nitrogen and oxygen atoms in total. The van der Waals surface area contributed by atoms with E-state index in [1.807, 2.05) is 13.8 Å². The van der Waals surface area contributed by atoms with Crippen molar-refractivity contribution in [2.45, 2.75) is 18.7 Å². The topological polar surface area (TPSA) is 57.7 Å². The highest BCUT2D eigenvalue weighted by molar-refractivity contribution is 9.10. The highest BCUT2D eigenvalue weighted by Gasteiger charge is 2.23. The molecule has 1 aromatic rings. The van der Waals surface area contributed by atoms with Gasteiger partial charge in [0.15, 0.2) is 0 Å². The van der Waals surface area contributed by atoms with Crippen LogP contribution in [0.4, 0.5) is 0 Å². The van der Waals surface area contributed by atoms with Crippen molar-refractivity contribution in [3.8, 4) is 0 Å². The Kier molecular flexibility index (Phi) is 5.73. The molecule has 0 fully saturated rings. The molecule has 0 radical (unpaired) electrons. The zero-order valence-electron chi connectivity index (χ0n) is 12.1. The number of halogens is 1. The SMILES string of the molecule is CCN(CC)C(=O)c1ccc(Br)c(S(=O)(=O)N(C)C)c1. The number of hydrogen-bond donors (Lipinski definition) is 0. The number of benzene rings is 1. The third-order valence-electron chi connectivity index (χ3n) is 2.99. The summed E-state index contributed by atoms with van der Waals surface area (Å²) in [5.41, 5.74) is 0.373. The molecule has 0 heterocycles. The first-order valence-electron chi connectivity index (χ1n) is 6.27. The summed E-state index contributed by atoms with van der Waals surface area (Å²) < 4.78 is 26.0. The second kappa shape index (κ2) is 6.69. The number of carbonyl (C=O) groups excluding carboxylic acids is 1. The first-order chi connectivity index (χ1) is 9.25. The van der Waals surface area contributed by atoms with Crippen LogP contribution in [0, 0.1) is 0 Å². The van der Waals surface area contributed by atoms with Crippen LogP contribution in [0.2, 0.25) is 0 Å². The van der Waals surface area contributed by atoms with E-state index in [1.54, 1.807) is 17.0 Å². The number of rotatable bonds is 5. The highest BCUT2D eigenvalue weighted by atomic mass is 79.9. The predicted molar refractivity (Wildman–Crippen MR) is 82.3 cm³/mol. The minimum atomic E-state index is -3.59. The first kappa shape index (κ1) is 17.1. The van der Waals surface area contributed by atoms with Crippen molar-refractivity contribution in [2.24, 2.45) is 0 Å². The molecule has 1 rings (SSSR count).